The summed E-state index contributed by atoms with van der Waals surface area (Å²) in [6.45, 7) is 2.41. The van der Waals surface area contributed by atoms with Crippen molar-refractivity contribution in [2.75, 3.05) is 0 Å². The van der Waals surface area contributed by atoms with Crippen molar-refractivity contribution in [2.24, 2.45) is 0 Å². The van der Waals surface area contributed by atoms with E-state index in [0.29, 0.717) is 24.1 Å². The standard InChI is InChI=1S/C23H21NO2/c1-17-11-13-19(14-12-17)16-24-22(25)20-9-5-6-10-21(20)23(24,26)15-18-7-3-2-4-8-18/h2-14,26H,15-16H2,1H3/t23-/m1/s1. The van der Waals surface area contributed by atoms with Crippen LogP contribution in [0.15, 0.2) is 78.9 Å². The highest BCUT2D eigenvalue weighted by molar-refractivity contribution is 5.99. The molecule has 1 aliphatic rings. The molecule has 3 nitrogen and oxygen atoms in total. The van der Waals surface area contributed by atoms with E-state index < -0.39 is 5.72 Å². The maximum atomic E-state index is 13.0. The Morgan fingerprint density at radius 2 is 1.50 bits per heavy atom. The number of rotatable bonds is 4. The van der Waals surface area contributed by atoms with Gasteiger partial charge in [-0.25, -0.2) is 0 Å². The fourth-order valence-corrected chi connectivity index (χ4v) is 3.63. The molecule has 0 spiro atoms. The molecule has 3 aromatic carbocycles. The van der Waals surface area contributed by atoms with Gasteiger partial charge in [0, 0.05) is 24.1 Å². The summed E-state index contributed by atoms with van der Waals surface area (Å²) in [5.41, 5.74) is 3.08. The van der Waals surface area contributed by atoms with Crippen molar-refractivity contribution in [1.82, 2.24) is 4.90 Å². The number of fused-ring (bicyclic) bond motifs is 1. The summed E-state index contributed by atoms with van der Waals surface area (Å²) < 4.78 is 0. The zero-order valence-corrected chi connectivity index (χ0v) is 14.7. The van der Waals surface area contributed by atoms with E-state index in [-0.39, 0.29) is 5.91 Å². The van der Waals surface area contributed by atoms with Gasteiger partial charge in [0.2, 0.25) is 0 Å². The fourth-order valence-electron chi connectivity index (χ4n) is 3.63. The second-order valence-corrected chi connectivity index (χ2v) is 6.90. The van der Waals surface area contributed by atoms with Crippen LogP contribution in [0.2, 0.25) is 0 Å². The van der Waals surface area contributed by atoms with Crippen molar-refractivity contribution in [1.29, 1.82) is 0 Å². The maximum Gasteiger partial charge on any atom is 0.257 e. The lowest BCUT2D eigenvalue weighted by atomic mass is 9.94. The second kappa shape index (κ2) is 6.43. The van der Waals surface area contributed by atoms with Crippen molar-refractivity contribution in [2.45, 2.75) is 25.6 Å². The zero-order chi connectivity index (χ0) is 18.1. The third-order valence-corrected chi connectivity index (χ3v) is 5.04. The van der Waals surface area contributed by atoms with Crippen LogP contribution in [-0.4, -0.2) is 15.9 Å². The first-order valence-electron chi connectivity index (χ1n) is 8.81. The Morgan fingerprint density at radius 3 is 2.23 bits per heavy atom. The normalized spacial score (nSPS) is 18.8. The number of carbonyl (C=O) groups is 1. The number of hydrogen-bond acceptors (Lipinski definition) is 2. The average Bonchev–Trinajstić information content (AvgIpc) is 2.86. The van der Waals surface area contributed by atoms with E-state index in [1.54, 1.807) is 11.0 Å². The van der Waals surface area contributed by atoms with Crippen molar-refractivity contribution in [3.8, 4) is 0 Å². The van der Waals surface area contributed by atoms with E-state index in [1.807, 2.05) is 79.7 Å². The molecular formula is C23H21NO2. The highest BCUT2D eigenvalue weighted by Crippen LogP contribution is 2.40. The Kier molecular flexibility index (Phi) is 4.09. The molecule has 1 amide bonds. The van der Waals surface area contributed by atoms with Crippen molar-refractivity contribution < 1.29 is 9.90 Å². The van der Waals surface area contributed by atoms with Crippen LogP contribution in [0.1, 0.15) is 32.6 Å². The first-order valence-corrected chi connectivity index (χ1v) is 8.81. The van der Waals surface area contributed by atoms with Crippen LogP contribution in [0.3, 0.4) is 0 Å². The molecule has 0 radical (unpaired) electrons. The topological polar surface area (TPSA) is 40.5 Å². The van der Waals surface area contributed by atoms with E-state index in [0.717, 1.165) is 11.1 Å². The lowest BCUT2D eigenvalue weighted by molar-refractivity contribution is -0.0878. The Hall–Kier alpha value is -2.91. The summed E-state index contributed by atoms with van der Waals surface area (Å²) in [5.74, 6) is -0.125. The van der Waals surface area contributed by atoms with E-state index in [9.17, 15) is 9.90 Å². The number of amides is 1. The molecule has 1 atom stereocenters. The number of hydrogen-bond donors (Lipinski definition) is 1. The molecule has 26 heavy (non-hydrogen) atoms. The molecule has 130 valence electrons. The highest BCUT2D eigenvalue weighted by Gasteiger charge is 2.48. The quantitative estimate of drug-likeness (QED) is 0.777. The summed E-state index contributed by atoms with van der Waals surface area (Å²) in [6.07, 6.45) is 0.364. The molecule has 1 aliphatic heterocycles. The van der Waals surface area contributed by atoms with Crippen molar-refractivity contribution >= 4 is 5.91 Å². The summed E-state index contributed by atoms with van der Waals surface area (Å²) >= 11 is 0. The van der Waals surface area contributed by atoms with Crippen LogP contribution in [0.5, 0.6) is 0 Å². The van der Waals surface area contributed by atoms with E-state index in [1.165, 1.54) is 5.56 Å². The lowest BCUT2D eigenvalue weighted by Crippen LogP contribution is -2.45. The number of carbonyl (C=O) groups excluding carboxylic acids is 1. The van der Waals surface area contributed by atoms with Crippen LogP contribution in [0.4, 0.5) is 0 Å². The predicted molar refractivity (Wildman–Crippen MR) is 102 cm³/mol. The van der Waals surface area contributed by atoms with Gasteiger partial charge in [-0.2, -0.15) is 0 Å². The van der Waals surface area contributed by atoms with Crippen LogP contribution in [0.25, 0.3) is 0 Å². The molecule has 1 heterocycles. The van der Waals surface area contributed by atoms with Crippen LogP contribution in [0, 0.1) is 6.92 Å². The van der Waals surface area contributed by atoms with Gasteiger partial charge in [0.15, 0.2) is 5.72 Å². The Morgan fingerprint density at radius 1 is 0.846 bits per heavy atom. The van der Waals surface area contributed by atoms with E-state index in [4.69, 9.17) is 0 Å². The van der Waals surface area contributed by atoms with Gasteiger partial charge in [-0.15, -0.1) is 0 Å². The van der Waals surface area contributed by atoms with Crippen LogP contribution in [-0.2, 0) is 18.7 Å². The molecule has 4 rings (SSSR count). The molecule has 3 heteroatoms. The SMILES string of the molecule is Cc1ccc(CN2C(=O)c3ccccc3[C@]2(O)Cc2ccccc2)cc1. The number of aliphatic hydroxyl groups is 1. The van der Waals surface area contributed by atoms with Gasteiger partial charge in [-0.3, -0.25) is 4.79 Å². The van der Waals surface area contributed by atoms with Crippen LogP contribution < -0.4 is 0 Å². The minimum atomic E-state index is -1.35. The van der Waals surface area contributed by atoms with Gasteiger partial charge in [0.1, 0.15) is 0 Å². The highest BCUT2D eigenvalue weighted by atomic mass is 16.3. The molecule has 1 N–H and O–H groups in total. The zero-order valence-electron chi connectivity index (χ0n) is 14.7. The average molecular weight is 343 g/mol. The molecule has 0 aliphatic carbocycles. The molecular weight excluding hydrogens is 322 g/mol. The van der Waals surface area contributed by atoms with Gasteiger partial charge in [0.25, 0.3) is 5.91 Å². The van der Waals surface area contributed by atoms with Crippen molar-refractivity contribution in [3.63, 3.8) is 0 Å². The van der Waals surface area contributed by atoms with E-state index in [2.05, 4.69) is 0 Å². The van der Waals surface area contributed by atoms with Crippen LogP contribution >= 0.6 is 0 Å². The molecule has 0 aromatic heterocycles. The summed E-state index contributed by atoms with van der Waals surface area (Å²) in [7, 11) is 0. The van der Waals surface area contributed by atoms with Crippen molar-refractivity contribution in [3.05, 3.63) is 107 Å². The third-order valence-electron chi connectivity index (χ3n) is 5.04. The summed E-state index contributed by atoms with van der Waals surface area (Å²) in [4.78, 5) is 14.6. The Bertz CT molecular complexity index is 934. The third kappa shape index (κ3) is 2.80. The molecule has 0 bridgehead atoms. The summed E-state index contributed by atoms with van der Waals surface area (Å²) in [5, 5.41) is 11.6. The molecule has 3 aromatic rings. The van der Waals surface area contributed by atoms with Gasteiger partial charge in [-0.1, -0.05) is 78.4 Å². The second-order valence-electron chi connectivity index (χ2n) is 6.90. The first kappa shape index (κ1) is 16.6. The largest absolute Gasteiger partial charge is 0.366 e. The smallest absolute Gasteiger partial charge is 0.257 e. The summed E-state index contributed by atoms with van der Waals surface area (Å²) in [6, 6.07) is 25.2. The molecule has 0 unspecified atom stereocenters. The Balaban J connectivity index is 1.75. The lowest BCUT2D eigenvalue weighted by Gasteiger charge is -2.35. The molecule has 0 fully saturated rings. The maximum absolute atomic E-state index is 13.0. The van der Waals surface area contributed by atoms with E-state index >= 15 is 0 Å². The monoisotopic (exact) mass is 343 g/mol. The number of aryl methyl sites for hydroxylation is 1. The minimum Gasteiger partial charge on any atom is -0.366 e. The predicted octanol–water partition coefficient (Wildman–Crippen LogP) is 4.04. The number of nitrogens with zero attached hydrogens (tertiary/aromatic N) is 1. The fraction of sp³-hybridized carbons (Fsp3) is 0.174. The van der Waals surface area contributed by atoms with Gasteiger partial charge in [0.05, 0.1) is 0 Å². The molecule has 0 saturated heterocycles. The number of benzene rings is 3. The van der Waals surface area contributed by atoms with Gasteiger partial charge >= 0.3 is 0 Å². The Labute approximate surface area is 153 Å². The molecule has 0 saturated carbocycles. The minimum absolute atomic E-state index is 0.125. The van der Waals surface area contributed by atoms with Gasteiger partial charge < -0.3 is 10.0 Å². The van der Waals surface area contributed by atoms with Gasteiger partial charge in [-0.05, 0) is 24.1 Å². The first-order chi connectivity index (χ1) is 12.6.